The molecule has 2 rings (SSSR count). The molecule has 2 aromatic carbocycles. The van der Waals surface area contributed by atoms with Crippen molar-refractivity contribution in [1.82, 2.24) is 0 Å². The van der Waals surface area contributed by atoms with Gasteiger partial charge < -0.3 is 15.2 Å². The van der Waals surface area contributed by atoms with E-state index >= 15 is 0 Å². The van der Waals surface area contributed by atoms with E-state index < -0.39 is 5.91 Å². The van der Waals surface area contributed by atoms with E-state index in [0.717, 1.165) is 4.47 Å². The molecule has 0 aliphatic carbocycles. The quantitative estimate of drug-likeness (QED) is 0.598. The van der Waals surface area contributed by atoms with Gasteiger partial charge in [-0.3, -0.25) is 4.79 Å². The van der Waals surface area contributed by atoms with E-state index in [4.69, 9.17) is 4.74 Å². The molecule has 24 heavy (non-hydrogen) atoms. The third-order valence-electron chi connectivity index (χ3n) is 3.06. The molecule has 122 valence electrons. The van der Waals surface area contributed by atoms with Crippen LogP contribution in [-0.4, -0.2) is 17.6 Å². The Labute approximate surface area is 148 Å². The number of hydrogen-bond donors (Lipinski definition) is 2. The van der Waals surface area contributed by atoms with Gasteiger partial charge in [-0.15, -0.1) is 0 Å². The highest BCUT2D eigenvalue weighted by Crippen LogP contribution is 2.24. The number of phenolic OH excluding ortho intramolecular Hbond substituents is 1. The number of phenols is 1. The van der Waals surface area contributed by atoms with Gasteiger partial charge in [0.15, 0.2) is 0 Å². The average Bonchev–Trinajstić information content (AvgIpc) is 2.56. The topological polar surface area (TPSA) is 82.3 Å². The number of amides is 1. The smallest absolute Gasteiger partial charge is 0.266 e. The van der Waals surface area contributed by atoms with E-state index in [1.54, 1.807) is 36.4 Å². The second-order valence-corrected chi connectivity index (χ2v) is 5.70. The largest absolute Gasteiger partial charge is 0.507 e. The minimum atomic E-state index is -0.564. The van der Waals surface area contributed by atoms with Crippen LogP contribution in [0.2, 0.25) is 0 Å². The number of carbonyl (C=O) groups excluding carboxylic acids is 1. The zero-order valence-electron chi connectivity index (χ0n) is 12.9. The van der Waals surface area contributed by atoms with Crippen LogP contribution >= 0.6 is 15.9 Å². The summed E-state index contributed by atoms with van der Waals surface area (Å²) < 4.78 is 6.10. The summed E-state index contributed by atoms with van der Waals surface area (Å²) in [5.74, 6) is 0.0463. The van der Waals surface area contributed by atoms with Gasteiger partial charge in [-0.05, 0) is 43.3 Å². The minimum absolute atomic E-state index is 0.0166. The summed E-state index contributed by atoms with van der Waals surface area (Å²) >= 11 is 3.28. The first-order valence-corrected chi connectivity index (χ1v) is 7.97. The predicted molar refractivity (Wildman–Crippen MR) is 95.6 cm³/mol. The lowest BCUT2D eigenvalue weighted by Crippen LogP contribution is -2.13. The first kappa shape index (κ1) is 17.6. The van der Waals surface area contributed by atoms with Gasteiger partial charge in [0.25, 0.3) is 5.91 Å². The van der Waals surface area contributed by atoms with Crippen molar-refractivity contribution in [2.45, 2.75) is 6.92 Å². The molecule has 0 aliphatic rings. The molecule has 0 atom stereocenters. The highest BCUT2D eigenvalue weighted by molar-refractivity contribution is 9.10. The third-order valence-corrected chi connectivity index (χ3v) is 3.55. The predicted octanol–water partition coefficient (Wildman–Crippen LogP) is 4.10. The van der Waals surface area contributed by atoms with Gasteiger partial charge in [-0.25, -0.2) is 0 Å². The van der Waals surface area contributed by atoms with Crippen LogP contribution in [0.4, 0.5) is 5.69 Å². The summed E-state index contributed by atoms with van der Waals surface area (Å²) in [6, 6.07) is 13.5. The number of benzene rings is 2. The van der Waals surface area contributed by atoms with Crippen LogP contribution in [0.1, 0.15) is 12.5 Å². The lowest BCUT2D eigenvalue weighted by Gasteiger charge is -2.08. The van der Waals surface area contributed by atoms with Gasteiger partial charge >= 0.3 is 0 Å². The van der Waals surface area contributed by atoms with Crippen molar-refractivity contribution in [3.63, 3.8) is 0 Å². The summed E-state index contributed by atoms with van der Waals surface area (Å²) in [6.45, 7) is 2.38. The van der Waals surface area contributed by atoms with Crippen molar-refractivity contribution in [3.8, 4) is 17.6 Å². The Morgan fingerprint density at radius 1 is 1.38 bits per heavy atom. The van der Waals surface area contributed by atoms with Crippen LogP contribution in [0.5, 0.6) is 11.5 Å². The highest BCUT2D eigenvalue weighted by Gasteiger charge is 2.11. The first-order valence-electron chi connectivity index (χ1n) is 7.18. The maximum Gasteiger partial charge on any atom is 0.266 e. The number of carbonyl (C=O) groups is 1. The van der Waals surface area contributed by atoms with Crippen molar-refractivity contribution in [2.24, 2.45) is 0 Å². The molecule has 0 unspecified atom stereocenters. The van der Waals surface area contributed by atoms with Crippen molar-refractivity contribution in [1.29, 1.82) is 5.26 Å². The van der Waals surface area contributed by atoms with Crippen LogP contribution in [-0.2, 0) is 4.79 Å². The number of halogens is 1. The average molecular weight is 387 g/mol. The molecule has 2 aromatic rings. The van der Waals surface area contributed by atoms with E-state index in [2.05, 4.69) is 21.2 Å². The van der Waals surface area contributed by atoms with E-state index in [-0.39, 0.29) is 11.3 Å². The number of nitrogens with one attached hydrogen (secondary N) is 1. The van der Waals surface area contributed by atoms with E-state index in [1.165, 1.54) is 12.1 Å². The van der Waals surface area contributed by atoms with Gasteiger partial charge in [0.05, 0.1) is 6.61 Å². The summed E-state index contributed by atoms with van der Waals surface area (Å²) in [4.78, 5) is 12.3. The monoisotopic (exact) mass is 386 g/mol. The fourth-order valence-corrected chi connectivity index (χ4v) is 2.35. The Balaban J connectivity index is 2.23. The van der Waals surface area contributed by atoms with Crippen LogP contribution < -0.4 is 10.1 Å². The molecule has 0 saturated heterocycles. The Morgan fingerprint density at radius 3 is 2.88 bits per heavy atom. The second kappa shape index (κ2) is 8.18. The molecule has 0 aromatic heterocycles. The maximum atomic E-state index is 12.3. The number of aromatic hydroxyl groups is 1. The summed E-state index contributed by atoms with van der Waals surface area (Å²) in [5.41, 5.74) is 0.773. The molecule has 0 saturated carbocycles. The molecular formula is C18H15BrN2O3. The maximum absolute atomic E-state index is 12.3. The summed E-state index contributed by atoms with van der Waals surface area (Å²) in [7, 11) is 0. The Morgan fingerprint density at radius 2 is 2.17 bits per heavy atom. The Bertz CT molecular complexity index is 825. The second-order valence-electron chi connectivity index (χ2n) is 4.79. The van der Waals surface area contributed by atoms with Crippen LogP contribution in [0, 0.1) is 11.3 Å². The highest BCUT2D eigenvalue weighted by atomic mass is 79.9. The molecular weight excluding hydrogens is 372 g/mol. The van der Waals surface area contributed by atoms with Gasteiger partial charge in [-0.2, -0.15) is 5.26 Å². The van der Waals surface area contributed by atoms with Crippen LogP contribution in [0.3, 0.4) is 0 Å². The first-order chi connectivity index (χ1) is 11.5. The van der Waals surface area contributed by atoms with E-state index in [9.17, 15) is 15.2 Å². The van der Waals surface area contributed by atoms with Crippen LogP contribution in [0.25, 0.3) is 6.08 Å². The molecule has 5 nitrogen and oxygen atoms in total. The number of anilines is 1. The summed E-state index contributed by atoms with van der Waals surface area (Å²) in [6.07, 6.45) is 1.34. The number of hydrogen-bond acceptors (Lipinski definition) is 4. The number of nitrogens with zero attached hydrogens (tertiary/aromatic N) is 1. The Hall–Kier alpha value is -2.78. The number of nitriles is 1. The Kier molecular flexibility index (Phi) is 5.99. The van der Waals surface area contributed by atoms with Gasteiger partial charge in [0, 0.05) is 21.8 Å². The number of ether oxygens (including phenoxy) is 1. The lowest BCUT2D eigenvalue weighted by atomic mass is 10.1. The van der Waals surface area contributed by atoms with E-state index in [1.807, 2.05) is 13.0 Å². The van der Waals surface area contributed by atoms with Gasteiger partial charge in [-0.1, -0.05) is 22.0 Å². The molecule has 0 heterocycles. The molecule has 0 radical (unpaired) electrons. The zero-order valence-corrected chi connectivity index (χ0v) is 14.5. The zero-order chi connectivity index (χ0) is 17.5. The standard InChI is InChI=1S/C18H15BrN2O3/c1-2-24-16-5-3-4-15(10-16)21-18(23)13(11-20)8-12-9-14(19)6-7-17(12)22/h3-10,22H,2H2,1H3,(H,21,23)/b13-8+. The minimum Gasteiger partial charge on any atom is -0.507 e. The molecule has 0 aliphatic heterocycles. The van der Waals surface area contributed by atoms with Crippen LogP contribution in [0.15, 0.2) is 52.5 Å². The SMILES string of the molecule is CCOc1cccc(NC(=O)/C(C#N)=C/c2cc(Br)ccc2O)c1. The molecule has 6 heteroatoms. The molecule has 0 spiro atoms. The van der Waals surface area contributed by atoms with Crippen molar-refractivity contribution >= 4 is 33.6 Å². The molecule has 2 N–H and O–H groups in total. The van der Waals surface area contributed by atoms with Gasteiger partial charge in [0.2, 0.25) is 0 Å². The third kappa shape index (κ3) is 4.61. The fourth-order valence-electron chi connectivity index (χ4n) is 1.97. The van der Waals surface area contributed by atoms with Crippen molar-refractivity contribution in [3.05, 3.63) is 58.1 Å². The normalized spacial score (nSPS) is 10.8. The van der Waals surface area contributed by atoms with Crippen molar-refractivity contribution < 1.29 is 14.6 Å². The van der Waals surface area contributed by atoms with E-state index in [0.29, 0.717) is 23.6 Å². The molecule has 0 bridgehead atoms. The van der Waals surface area contributed by atoms with Crippen molar-refractivity contribution in [2.75, 3.05) is 11.9 Å². The van der Waals surface area contributed by atoms with Gasteiger partial charge in [0.1, 0.15) is 23.1 Å². The number of rotatable bonds is 5. The molecule has 1 amide bonds. The molecule has 0 fully saturated rings. The fraction of sp³-hybridized carbons (Fsp3) is 0.111. The summed E-state index contributed by atoms with van der Waals surface area (Å²) in [5, 5.41) is 21.7. The lowest BCUT2D eigenvalue weighted by molar-refractivity contribution is -0.112.